The van der Waals surface area contributed by atoms with Crippen LogP contribution in [0.3, 0.4) is 0 Å². The summed E-state index contributed by atoms with van der Waals surface area (Å²) < 4.78 is 16.0. The van der Waals surface area contributed by atoms with Crippen molar-refractivity contribution in [2.45, 2.75) is 0 Å². The van der Waals surface area contributed by atoms with Crippen molar-refractivity contribution in [3.63, 3.8) is 0 Å². The Morgan fingerprint density at radius 3 is 1.61 bits per heavy atom. The van der Waals surface area contributed by atoms with Gasteiger partial charge in [-0.15, -0.1) is 0 Å². The maximum absolute atomic E-state index is 6.88. The molecule has 322 valence electrons. The molecule has 0 saturated carbocycles. The predicted octanol–water partition coefficient (Wildman–Crippen LogP) is 16.8. The Kier molecular flexibility index (Phi) is 8.79. The van der Waals surface area contributed by atoms with Crippen LogP contribution >= 0.6 is 0 Å². The second-order valence-corrected chi connectivity index (χ2v) is 17.5. The summed E-state index contributed by atoms with van der Waals surface area (Å²) in [7, 11) is 0. The van der Waals surface area contributed by atoms with Gasteiger partial charge in [0, 0.05) is 49.2 Å². The van der Waals surface area contributed by atoms with E-state index in [1.54, 1.807) is 0 Å². The first kappa shape index (κ1) is 38.8. The quantitative estimate of drug-likeness (QED) is 0.159. The van der Waals surface area contributed by atoms with Crippen molar-refractivity contribution in [3.8, 4) is 73.2 Å². The van der Waals surface area contributed by atoms with Gasteiger partial charge in [0.2, 0.25) is 0 Å². The number of rotatable bonds is 7. The normalized spacial score (nSPS) is 11.8. The third-order valence-electron chi connectivity index (χ3n) is 13.5. The number of hydrogen-bond donors (Lipinski definition) is 0. The Bertz CT molecular complexity index is 4250. The van der Waals surface area contributed by atoms with Crippen molar-refractivity contribution in [1.82, 2.24) is 19.5 Å². The average Bonchev–Trinajstić information content (AvgIpc) is 4.11. The predicted molar refractivity (Wildman–Crippen MR) is 281 cm³/mol. The Morgan fingerprint density at radius 1 is 0.290 bits per heavy atom. The number of benzene rings is 10. The van der Waals surface area contributed by atoms with Crippen molar-refractivity contribution < 1.29 is 8.83 Å². The van der Waals surface area contributed by atoms with Crippen LogP contribution in [0, 0.1) is 0 Å². The van der Waals surface area contributed by atoms with Crippen LogP contribution in [0.15, 0.2) is 239 Å². The van der Waals surface area contributed by atoms with Gasteiger partial charge in [-0.2, -0.15) is 0 Å². The summed E-state index contributed by atoms with van der Waals surface area (Å²) in [5, 5.41) is 6.64. The molecule has 0 spiro atoms. The largest absolute Gasteiger partial charge is 0.456 e. The van der Waals surface area contributed by atoms with Crippen molar-refractivity contribution in [2.75, 3.05) is 0 Å². The Hall–Kier alpha value is -9.39. The van der Waals surface area contributed by atoms with E-state index in [4.69, 9.17) is 23.8 Å². The minimum absolute atomic E-state index is 0.609. The van der Waals surface area contributed by atoms with Gasteiger partial charge in [-0.05, 0) is 82.4 Å². The fourth-order valence-corrected chi connectivity index (χ4v) is 10.3. The SMILES string of the molecule is c1ccc(-c2ccc3c(c2)c2ccccc2n3-c2cccc3oc4c(-c5ccc6c(c5)oc5cccc(-c7cccc(-c8nc(-c9ccccc9)nc(-c9ccccc9)n8)c7)c56)cccc4c23)cc1. The molecule has 0 aliphatic rings. The molecule has 0 aliphatic carbocycles. The van der Waals surface area contributed by atoms with E-state index in [0.717, 1.165) is 99.5 Å². The lowest BCUT2D eigenvalue weighted by molar-refractivity contribution is 0.668. The first-order chi connectivity index (χ1) is 34.2. The summed E-state index contributed by atoms with van der Waals surface area (Å²) in [4.78, 5) is 14.9. The van der Waals surface area contributed by atoms with E-state index >= 15 is 0 Å². The van der Waals surface area contributed by atoms with Gasteiger partial charge >= 0.3 is 0 Å². The fraction of sp³-hybridized carbons (Fsp3) is 0. The van der Waals surface area contributed by atoms with E-state index in [2.05, 4.69) is 168 Å². The molecule has 0 atom stereocenters. The van der Waals surface area contributed by atoms with Crippen LogP contribution < -0.4 is 0 Å². The second kappa shape index (κ2) is 15.6. The number of nitrogens with zero attached hydrogens (tertiary/aromatic N) is 4. The molecule has 0 fully saturated rings. The molecule has 0 amide bonds. The maximum atomic E-state index is 6.88. The van der Waals surface area contributed by atoms with Gasteiger partial charge < -0.3 is 13.4 Å². The van der Waals surface area contributed by atoms with Gasteiger partial charge in [0.05, 0.1) is 22.1 Å². The molecule has 6 heteroatoms. The molecule has 10 aromatic carbocycles. The van der Waals surface area contributed by atoms with E-state index < -0.39 is 0 Å². The molecule has 0 bridgehead atoms. The average molecular weight is 883 g/mol. The van der Waals surface area contributed by atoms with Crippen LogP contribution in [0.4, 0.5) is 0 Å². The highest BCUT2D eigenvalue weighted by Gasteiger charge is 2.22. The molecule has 0 radical (unpaired) electrons. The zero-order valence-corrected chi connectivity index (χ0v) is 37.0. The molecule has 4 heterocycles. The Balaban J connectivity index is 0.872. The van der Waals surface area contributed by atoms with Crippen LogP contribution in [-0.4, -0.2) is 19.5 Å². The van der Waals surface area contributed by atoms with Gasteiger partial charge in [-0.3, -0.25) is 0 Å². The molecular formula is C63H38N4O2. The van der Waals surface area contributed by atoms with E-state index in [1.165, 1.54) is 21.9 Å². The molecule has 14 aromatic rings. The smallest absolute Gasteiger partial charge is 0.164 e. The summed E-state index contributed by atoms with van der Waals surface area (Å²) in [5.74, 6) is 1.87. The first-order valence-electron chi connectivity index (χ1n) is 23.2. The third-order valence-corrected chi connectivity index (χ3v) is 13.5. The lowest BCUT2D eigenvalue weighted by Gasteiger charge is -2.10. The molecule has 14 rings (SSSR count). The summed E-state index contributed by atoms with van der Waals surface area (Å²) in [6, 6.07) is 80.3. The van der Waals surface area contributed by atoms with Crippen LogP contribution in [0.25, 0.3) is 139 Å². The molecule has 0 N–H and O–H groups in total. The van der Waals surface area contributed by atoms with Gasteiger partial charge in [-0.25, -0.2) is 15.0 Å². The van der Waals surface area contributed by atoms with Gasteiger partial charge in [0.25, 0.3) is 0 Å². The van der Waals surface area contributed by atoms with Gasteiger partial charge in [-0.1, -0.05) is 176 Å². The van der Waals surface area contributed by atoms with Crippen molar-refractivity contribution >= 4 is 65.7 Å². The first-order valence-corrected chi connectivity index (χ1v) is 23.2. The summed E-state index contributed by atoms with van der Waals surface area (Å²) in [6.07, 6.45) is 0. The topological polar surface area (TPSA) is 69.9 Å². The maximum Gasteiger partial charge on any atom is 0.164 e. The van der Waals surface area contributed by atoms with Crippen molar-refractivity contribution in [3.05, 3.63) is 231 Å². The highest BCUT2D eigenvalue weighted by molar-refractivity contribution is 6.18. The molecule has 69 heavy (non-hydrogen) atoms. The number of fused-ring (bicyclic) bond motifs is 9. The number of furan rings is 2. The van der Waals surface area contributed by atoms with E-state index in [-0.39, 0.29) is 0 Å². The molecule has 0 saturated heterocycles. The fourth-order valence-electron chi connectivity index (χ4n) is 10.3. The minimum atomic E-state index is 0.609. The number of aromatic nitrogens is 4. The standard InChI is InChI=1S/C63H38N4O2/c1-4-16-39(17-5-1)42-33-35-53-51(37-42)48-24-10-11-28-52(48)67(53)54-29-15-31-56-59(54)50-27-13-26-47(60(50)69-56)44-32-34-49-57(38-44)68-55-30-14-25-46(58(49)55)43-22-12-23-45(36-43)63-65-61(40-18-6-2-7-19-40)64-62(66-63)41-20-8-3-9-21-41/h1-38H. The van der Waals surface area contributed by atoms with Crippen LogP contribution in [0.5, 0.6) is 0 Å². The molecular weight excluding hydrogens is 845 g/mol. The zero-order chi connectivity index (χ0) is 45.4. The molecule has 0 aliphatic heterocycles. The summed E-state index contributed by atoms with van der Waals surface area (Å²) >= 11 is 0. The van der Waals surface area contributed by atoms with E-state index in [9.17, 15) is 0 Å². The summed E-state index contributed by atoms with van der Waals surface area (Å²) in [6.45, 7) is 0. The van der Waals surface area contributed by atoms with Crippen LogP contribution in [-0.2, 0) is 0 Å². The lowest BCUT2D eigenvalue weighted by Crippen LogP contribution is -2.00. The lowest BCUT2D eigenvalue weighted by atomic mass is 9.96. The number of hydrogen-bond acceptors (Lipinski definition) is 5. The minimum Gasteiger partial charge on any atom is -0.456 e. The van der Waals surface area contributed by atoms with Crippen LogP contribution in [0.2, 0.25) is 0 Å². The van der Waals surface area contributed by atoms with E-state index in [1.807, 2.05) is 66.7 Å². The highest BCUT2D eigenvalue weighted by Crippen LogP contribution is 2.44. The van der Waals surface area contributed by atoms with Crippen molar-refractivity contribution in [2.24, 2.45) is 0 Å². The molecule has 4 aromatic heterocycles. The van der Waals surface area contributed by atoms with Gasteiger partial charge in [0.15, 0.2) is 17.5 Å². The number of para-hydroxylation sites is 2. The van der Waals surface area contributed by atoms with Crippen LogP contribution in [0.1, 0.15) is 0 Å². The Morgan fingerprint density at radius 2 is 0.841 bits per heavy atom. The van der Waals surface area contributed by atoms with Crippen molar-refractivity contribution in [1.29, 1.82) is 0 Å². The molecule has 6 nitrogen and oxygen atoms in total. The zero-order valence-electron chi connectivity index (χ0n) is 37.0. The Labute approximate surface area is 396 Å². The monoisotopic (exact) mass is 882 g/mol. The van der Waals surface area contributed by atoms with Gasteiger partial charge in [0.1, 0.15) is 22.3 Å². The second-order valence-electron chi connectivity index (χ2n) is 17.5. The highest BCUT2D eigenvalue weighted by atomic mass is 16.3. The third kappa shape index (κ3) is 6.38. The van der Waals surface area contributed by atoms with E-state index in [0.29, 0.717) is 17.5 Å². The summed E-state index contributed by atoms with van der Waals surface area (Å²) in [5.41, 5.74) is 15.9. The molecule has 0 unspecified atom stereocenters.